The van der Waals surface area contributed by atoms with Crippen molar-refractivity contribution >= 4 is 11.9 Å². The standard InChI is InChI=1S/C9H12O5/c1-2-14-9(12)6-3-4-13-5-7(6)8(10)11/h2-5H2,1H3,(H,10,11). The third kappa shape index (κ3) is 2.32. The van der Waals surface area contributed by atoms with Crippen molar-refractivity contribution in [3.05, 3.63) is 11.1 Å². The minimum Gasteiger partial charge on any atom is -0.478 e. The van der Waals surface area contributed by atoms with Crippen LogP contribution < -0.4 is 0 Å². The predicted molar refractivity (Wildman–Crippen MR) is 46.7 cm³/mol. The molecular weight excluding hydrogens is 188 g/mol. The first-order valence-electron chi connectivity index (χ1n) is 4.37. The van der Waals surface area contributed by atoms with Gasteiger partial charge in [0.15, 0.2) is 0 Å². The summed E-state index contributed by atoms with van der Waals surface area (Å²) in [7, 11) is 0. The summed E-state index contributed by atoms with van der Waals surface area (Å²) in [6, 6.07) is 0. The van der Waals surface area contributed by atoms with Gasteiger partial charge in [0, 0.05) is 6.42 Å². The Labute approximate surface area is 81.3 Å². The van der Waals surface area contributed by atoms with E-state index in [9.17, 15) is 9.59 Å². The van der Waals surface area contributed by atoms with Gasteiger partial charge in [-0.1, -0.05) is 0 Å². The van der Waals surface area contributed by atoms with E-state index in [0.29, 0.717) is 13.0 Å². The van der Waals surface area contributed by atoms with E-state index >= 15 is 0 Å². The van der Waals surface area contributed by atoms with Crippen molar-refractivity contribution in [3.63, 3.8) is 0 Å². The number of carbonyl (C=O) groups is 2. The minimum absolute atomic E-state index is 0.00898. The van der Waals surface area contributed by atoms with Gasteiger partial charge in [-0.25, -0.2) is 9.59 Å². The zero-order valence-electron chi connectivity index (χ0n) is 7.91. The van der Waals surface area contributed by atoms with Crippen molar-refractivity contribution in [2.75, 3.05) is 19.8 Å². The van der Waals surface area contributed by atoms with Crippen LogP contribution in [-0.2, 0) is 19.1 Å². The summed E-state index contributed by atoms with van der Waals surface area (Å²) in [6.07, 6.45) is 0.306. The maximum absolute atomic E-state index is 11.3. The number of carboxylic acid groups (broad SMARTS) is 1. The minimum atomic E-state index is -1.12. The number of aliphatic carboxylic acids is 1. The van der Waals surface area contributed by atoms with E-state index in [1.165, 1.54) is 0 Å². The van der Waals surface area contributed by atoms with Gasteiger partial charge in [0.2, 0.25) is 0 Å². The summed E-state index contributed by atoms with van der Waals surface area (Å²) >= 11 is 0. The first-order valence-corrected chi connectivity index (χ1v) is 4.37. The fourth-order valence-electron chi connectivity index (χ4n) is 1.22. The maximum atomic E-state index is 11.3. The van der Waals surface area contributed by atoms with Crippen LogP contribution in [-0.4, -0.2) is 36.9 Å². The molecule has 0 aromatic rings. The lowest BCUT2D eigenvalue weighted by molar-refractivity contribution is -0.141. The van der Waals surface area contributed by atoms with Crippen LogP contribution in [0, 0.1) is 0 Å². The quantitative estimate of drug-likeness (QED) is 0.665. The van der Waals surface area contributed by atoms with E-state index in [4.69, 9.17) is 14.6 Å². The first-order chi connectivity index (χ1) is 6.66. The number of hydrogen-bond acceptors (Lipinski definition) is 4. The third-order valence-electron chi connectivity index (χ3n) is 1.89. The van der Waals surface area contributed by atoms with E-state index in [-0.39, 0.29) is 24.4 Å². The highest BCUT2D eigenvalue weighted by molar-refractivity contribution is 6.00. The molecule has 1 aliphatic rings. The normalized spacial score (nSPS) is 16.6. The largest absolute Gasteiger partial charge is 0.478 e. The molecule has 1 N–H and O–H groups in total. The van der Waals surface area contributed by atoms with Crippen molar-refractivity contribution < 1.29 is 24.2 Å². The van der Waals surface area contributed by atoms with Crippen molar-refractivity contribution in [1.29, 1.82) is 0 Å². The number of hydrogen-bond donors (Lipinski definition) is 1. The van der Waals surface area contributed by atoms with Gasteiger partial charge in [-0.2, -0.15) is 0 Å². The summed E-state index contributed by atoms with van der Waals surface area (Å²) in [6.45, 7) is 2.27. The Morgan fingerprint density at radius 1 is 1.50 bits per heavy atom. The molecule has 5 heteroatoms. The van der Waals surface area contributed by atoms with E-state index in [2.05, 4.69) is 0 Å². The molecule has 0 aromatic heterocycles. The van der Waals surface area contributed by atoms with Gasteiger partial charge >= 0.3 is 11.9 Å². The summed E-state index contributed by atoms with van der Waals surface area (Å²) in [4.78, 5) is 22.0. The van der Waals surface area contributed by atoms with Crippen LogP contribution in [0.1, 0.15) is 13.3 Å². The molecule has 1 aliphatic heterocycles. The molecule has 0 fully saturated rings. The lowest BCUT2D eigenvalue weighted by Gasteiger charge is -2.16. The Hall–Kier alpha value is -1.36. The topological polar surface area (TPSA) is 72.8 Å². The van der Waals surface area contributed by atoms with Crippen molar-refractivity contribution in [1.82, 2.24) is 0 Å². The predicted octanol–water partition coefficient (Wildman–Crippen LogP) is 0.351. The van der Waals surface area contributed by atoms with Crippen LogP contribution in [0.25, 0.3) is 0 Å². The number of carboxylic acids is 1. The Bertz CT molecular complexity index is 279. The summed E-state index contributed by atoms with van der Waals surface area (Å²) in [5.74, 6) is -1.67. The SMILES string of the molecule is CCOC(=O)C1=C(C(=O)O)COCC1. The molecule has 0 spiro atoms. The van der Waals surface area contributed by atoms with Crippen molar-refractivity contribution in [3.8, 4) is 0 Å². The molecule has 0 radical (unpaired) electrons. The molecule has 1 heterocycles. The molecule has 0 saturated carbocycles. The maximum Gasteiger partial charge on any atom is 0.334 e. The number of ether oxygens (including phenoxy) is 2. The van der Waals surface area contributed by atoms with Gasteiger partial charge in [-0.05, 0) is 6.92 Å². The van der Waals surface area contributed by atoms with Gasteiger partial charge < -0.3 is 14.6 Å². The van der Waals surface area contributed by atoms with Gasteiger partial charge in [0.05, 0.1) is 31.0 Å². The van der Waals surface area contributed by atoms with E-state index in [1.54, 1.807) is 6.92 Å². The Kier molecular flexibility index (Phi) is 3.64. The Balaban J connectivity index is 2.88. The van der Waals surface area contributed by atoms with Gasteiger partial charge in [-0.3, -0.25) is 0 Å². The summed E-state index contributed by atoms with van der Waals surface area (Å²) in [5.41, 5.74) is 0.236. The molecule has 0 unspecified atom stereocenters. The van der Waals surface area contributed by atoms with Crippen molar-refractivity contribution in [2.45, 2.75) is 13.3 Å². The fraction of sp³-hybridized carbons (Fsp3) is 0.556. The van der Waals surface area contributed by atoms with Crippen LogP contribution in [0.3, 0.4) is 0 Å². The van der Waals surface area contributed by atoms with Crippen LogP contribution in [0.4, 0.5) is 0 Å². The second-order valence-electron chi connectivity index (χ2n) is 2.79. The van der Waals surface area contributed by atoms with Crippen LogP contribution in [0.2, 0.25) is 0 Å². The summed E-state index contributed by atoms with van der Waals surface area (Å²) in [5, 5.41) is 8.78. The highest BCUT2D eigenvalue weighted by Gasteiger charge is 2.24. The van der Waals surface area contributed by atoms with Gasteiger partial charge in [0.1, 0.15) is 0 Å². The second kappa shape index (κ2) is 4.76. The van der Waals surface area contributed by atoms with Gasteiger partial charge in [-0.15, -0.1) is 0 Å². The van der Waals surface area contributed by atoms with Crippen molar-refractivity contribution in [2.24, 2.45) is 0 Å². The number of carbonyl (C=O) groups excluding carboxylic acids is 1. The van der Waals surface area contributed by atoms with E-state index < -0.39 is 11.9 Å². The number of esters is 1. The molecule has 0 amide bonds. The molecule has 14 heavy (non-hydrogen) atoms. The molecule has 5 nitrogen and oxygen atoms in total. The fourth-order valence-corrected chi connectivity index (χ4v) is 1.22. The van der Waals surface area contributed by atoms with Crippen LogP contribution in [0.5, 0.6) is 0 Å². The smallest absolute Gasteiger partial charge is 0.334 e. The zero-order valence-corrected chi connectivity index (χ0v) is 7.91. The molecule has 0 bridgehead atoms. The molecule has 1 rings (SSSR count). The lowest BCUT2D eigenvalue weighted by atomic mass is 10.0. The monoisotopic (exact) mass is 200 g/mol. The second-order valence-corrected chi connectivity index (χ2v) is 2.79. The van der Waals surface area contributed by atoms with E-state index in [1.807, 2.05) is 0 Å². The third-order valence-corrected chi connectivity index (χ3v) is 1.89. The number of rotatable bonds is 3. The highest BCUT2D eigenvalue weighted by atomic mass is 16.5. The molecule has 0 aliphatic carbocycles. The van der Waals surface area contributed by atoms with Crippen LogP contribution >= 0.6 is 0 Å². The first kappa shape index (κ1) is 10.7. The molecular formula is C9H12O5. The summed E-state index contributed by atoms with van der Waals surface area (Å²) < 4.78 is 9.70. The van der Waals surface area contributed by atoms with E-state index in [0.717, 1.165) is 0 Å². The van der Waals surface area contributed by atoms with Gasteiger partial charge in [0.25, 0.3) is 0 Å². The lowest BCUT2D eigenvalue weighted by Crippen LogP contribution is -2.23. The molecule has 0 aromatic carbocycles. The average molecular weight is 200 g/mol. The Morgan fingerprint density at radius 2 is 2.21 bits per heavy atom. The highest BCUT2D eigenvalue weighted by Crippen LogP contribution is 2.17. The molecule has 78 valence electrons. The molecule has 0 atom stereocenters. The Morgan fingerprint density at radius 3 is 2.79 bits per heavy atom. The van der Waals surface area contributed by atoms with Crippen LogP contribution in [0.15, 0.2) is 11.1 Å². The average Bonchev–Trinajstić information content (AvgIpc) is 2.18. The molecule has 0 saturated heterocycles. The zero-order chi connectivity index (χ0) is 10.6.